The van der Waals surface area contributed by atoms with Gasteiger partial charge in [-0.2, -0.15) is 4.72 Å². The molecule has 0 aromatic heterocycles. The standard InChI is InChI=1S/C11H13F2NO5S/c1-7(11(15)16)14-20(17,18)9-4-2-8(3-5-9)19-6-10(12)13/h2-5,7,10,14H,6H2,1H3,(H,15,16). The lowest BCUT2D eigenvalue weighted by Gasteiger charge is -2.11. The van der Waals surface area contributed by atoms with Crippen LogP contribution >= 0.6 is 0 Å². The number of aliphatic carboxylic acids is 1. The minimum absolute atomic E-state index is 0.0931. The van der Waals surface area contributed by atoms with E-state index in [0.717, 1.165) is 12.1 Å². The van der Waals surface area contributed by atoms with Gasteiger partial charge in [0.05, 0.1) is 4.90 Å². The molecule has 0 spiro atoms. The van der Waals surface area contributed by atoms with Crippen LogP contribution in [-0.4, -0.2) is 38.6 Å². The van der Waals surface area contributed by atoms with Crippen molar-refractivity contribution in [2.75, 3.05) is 6.61 Å². The maximum atomic E-state index is 11.9. The Bertz CT molecular complexity index is 559. The van der Waals surface area contributed by atoms with Gasteiger partial charge in [0, 0.05) is 0 Å². The van der Waals surface area contributed by atoms with Gasteiger partial charge < -0.3 is 9.84 Å². The number of ether oxygens (including phenoxy) is 1. The fourth-order valence-corrected chi connectivity index (χ4v) is 2.42. The quantitative estimate of drug-likeness (QED) is 0.786. The van der Waals surface area contributed by atoms with E-state index >= 15 is 0 Å². The number of hydrogen-bond donors (Lipinski definition) is 2. The summed E-state index contributed by atoms with van der Waals surface area (Å²) in [6.45, 7) is 0.389. The van der Waals surface area contributed by atoms with Gasteiger partial charge in [0.25, 0.3) is 6.43 Å². The second-order valence-electron chi connectivity index (χ2n) is 3.85. The highest BCUT2D eigenvalue weighted by Gasteiger charge is 2.21. The molecule has 9 heteroatoms. The zero-order chi connectivity index (χ0) is 15.3. The first-order chi connectivity index (χ1) is 9.22. The molecule has 0 bridgehead atoms. The third kappa shape index (κ3) is 4.74. The Labute approximate surface area is 114 Å². The minimum atomic E-state index is -3.99. The Morgan fingerprint density at radius 1 is 1.35 bits per heavy atom. The van der Waals surface area contributed by atoms with Crippen LogP contribution in [0.1, 0.15) is 6.92 Å². The number of carboxylic acid groups (broad SMARTS) is 1. The third-order valence-electron chi connectivity index (χ3n) is 2.21. The molecule has 0 aliphatic heterocycles. The fourth-order valence-electron chi connectivity index (χ4n) is 1.23. The summed E-state index contributed by atoms with van der Waals surface area (Å²) in [6, 6.07) is 3.41. The van der Waals surface area contributed by atoms with Gasteiger partial charge in [-0.15, -0.1) is 0 Å². The first-order valence-electron chi connectivity index (χ1n) is 5.48. The second kappa shape index (κ2) is 6.62. The predicted octanol–water partition coefficient (Wildman–Crippen LogP) is 1.08. The molecule has 0 aliphatic carbocycles. The molecule has 6 nitrogen and oxygen atoms in total. The van der Waals surface area contributed by atoms with Crippen LogP contribution in [0.4, 0.5) is 8.78 Å². The van der Waals surface area contributed by atoms with Gasteiger partial charge in [0.1, 0.15) is 18.4 Å². The molecular weight excluding hydrogens is 296 g/mol. The van der Waals surface area contributed by atoms with E-state index in [2.05, 4.69) is 0 Å². The van der Waals surface area contributed by atoms with Gasteiger partial charge in [0.15, 0.2) is 0 Å². The molecule has 0 heterocycles. The topological polar surface area (TPSA) is 92.7 Å². The molecule has 2 N–H and O–H groups in total. The van der Waals surface area contributed by atoms with Crippen molar-refractivity contribution in [3.8, 4) is 5.75 Å². The second-order valence-corrected chi connectivity index (χ2v) is 5.57. The molecule has 1 atom stereocenters. The van der Waals surface area contributed by atoms with Gasteiger partial charge in [-0.05, 0) is 31.2 Å². The number of hydrogen-bond acceptors (Lipinski definition) is 4. The molecule has 0 aliphatic rings. The van der Waals surface area contributed by atoms with Crippen molar-refractivity contribution >= 4 is 16.0 Å². The number of carboxylic acids is 1. The van der Waals surface area contributed by atoms with Crippen LogP contribution in [0, 0.1) is 0 Å². The van der Waals surface area contributed by atoms with Crippen molar-refractivity contribution in [2.45, 2.75) is 24.3 Å². The van der Waals surface area contributed by atoms with Gasteiger partial charge in [0.2, 0.25) is 10.0 Å². The lowest BCUT2D eigenvalue weighted by atomic mass is 10.3. The summed E-state index contributed by atoms with van der Waals surface area (Å²) in [4.78, 5) is 10.4. The number of halogens is 2. The largest absolute Gasteiger partial charge is 0.488 e. The van der Waals surface area contributed by atoms with E-state index in [9.17, 15) is 22.0 Å². The zero-order valence-electron chi connectivity index (χ0n) is 10.4. The van der Waals surface area contributed by atoms with Crippen LogP contribution < -0.4 is 9.46 Å². The van der Waals surface area contributed by atoms with Crippen molar-refractivity contribution in [3.63, 3.8) is 0 Å². The number of alkyl halides is 2. The maximum Gasteiger partial charge on any atom is 0.321 e. The van der Waals surface area contributed by atoms with E-state index in [4.69, 9.17) is 9.84 Å². The number of benzene rings is 1. The Morgan fingerprint density at radius 3 is 2.35 bits per heavy atom. The highest BCUT2D eigenvalue weighted by molar-refractivity contribution is 7.89. The van der Waals surface area contributed by atoms with Crippen LogP contribution in [0.2, 0.25) is 0 Å². The SMILES string of the molecule is CC(NS(=O)(=O)c1ccc(OCC(F)F)cc1)C(=O)O. The smallest absolute Gasteiger partial charge is 0.321 e. The third-order valence-corrected chi connectivity index (χ3v) is 3.77. The van der Waals surface area contributed by atoms with Gasteiger partial charge in [-0.25, -0.2) is 17.2 Å². The molecule has 0 fully saturated rings. The number of sulfonamides is 1. The monoisotopic (exact) mass is 309 g/mol. The molecule has 20 heavy (non-hydrogen) atoms. The molecule has 0 saturated carbocycles. The lowest BCUT2D eigenvalue weighted by Crippen LogP contribution is -2.38. The summed E-state index contributed by atoms with van der Waals surface area (Å²) in [5, 5.41) is 8.64. The van der Waals surface area contributed by atoms with Crippen molar-refractivity contribution in [1.82, 2.24) is 4.72 Å². The highest BCUT2D eigenvalue weighted by atomic mass is 32.2. The van der Waals surface area contributed by atoms with Crippen molar-refractivity contribution < 1.29 is 31.8 Å². The average Bonchev–Trinajstić information content (AvgIpc) is 2.36. The van der Waals surface area contributed by atoms with E-state index in [-0.39, 0.29) is 10.6 Å². The molecular formula is C11H13F2NO5S. The molecule has 0 radical (unpaired) electrons. The van der Waals surface area contributed by atoms with E-state index in [0.29, 0.717) is 0 Å². The zero-order valence-corrected chi connectivity index (χ0v) is 11.2. The van der Waals surface area contributed by atoms with Gasteiger partial charge in [-0.1, -0.05) is 0 Å². The molecule has 1 aromatic rings. The highest BCUT2D eigenvalue weighted by Crippen LogP contribution is 2.16. The van der Waals surface area contributed by atoms with E-state index in [1.165, 1.54) is 19.1 Å². The van der Waals surface area contributed by atoms with E-state index in [1.807, 2.05) is 4.72 Å². The predicted molar refractivity (Wildman–Crippen MR) is 65.4 cm³/mol. The summed E-state index contributed by atoms with van der Waals surface area (Å²) >= 11 is 0. The summed E-state index contributed by atoms with van der Waals surface area (Å²) in [6.07, 6.45) is -2.63. The van der Waals surface area contributed by atoms with Gasteiger partial charge >= 0.3 is 5.97 Å². The van der Waals surface area contributed by atoms with Crippen molar-refractivity contribution in [2.24, 2.45) is 0 Å². The van der Waals surface area contributed by atoms with Crippen LogP contribution in [0.5, 0.6) is 5.75 Å². The molecule has 0 amide bonds. The number of carbonyl (C=O) groups is 1. The summed E-state index contributed by atoms with van der Waals surface area (Å²) < 4.78 is 54.1. The van der Waals surface area contributed by atoms with Crippen LogP contribution in [0.15, 0.2) is 29.2 Å². The van der Waals surface area contributed by atoms with Crippen LogP contribution in [-0.2, 0) is 14.8 Å². The molecule has 112 valence electrons. The first-order valence-corrected chi connectivity index (χ1v) is 6.97. The molecule has 1 aromatic carbocycles. The Morgan fingerprint density at radius 2 is 1.90 bits per heavy atom. The number of nitrogens with one attached hydrogen (secondary N) is 1. The average molecular weight is 309 g/mol. The summed E-state index contributed by atoms with van der Waals surface area (Å²) in [5.74, 6) is -1.22. The minimum Gasteiger partial charge on any atom is -0.488 e. The Kier molecular flexibility index (Phi) is 5.40. The lowest BCUT2D eigenvalue weighted by molar-refractivity contribution is -0.138. The summed E-state index contributed by atoms with van der Waals surface area (Å²) in [5.41, 5.74) is 0. The number of rotatable bonds is 7. The van der Waals surface area contributed by atoms with Crippen LogP contribution in [0.3, 0.4) is 0 Å². The van der Waals surface area contributed by atoms with Crippen LogP contribution in [0.25, 0.3) is 0 Å². The van der Waals surface area contributed by atoms with Crippen molar-refractivity contribution in [1.29, 1.82) is 0 Å². The van der Waals surface area contributed by atoms with Gasteiger partial charge in [-0.3, -0.25) is 4.79 Å². The normalized spacial score (nSPS) is 13.2. The summed E-state index contributed by atoms with van der Waals surface area (Å²) in [7, 11) is -3.99. The fraction of sp³-hybridized carbons (Fsp3) is 0.364. The maximum absolute atomic E-state index is 11.9. The van der Waals surface area contributed by atoms with Crippen molar-refractivity contribution in [3.05, 3.63) is 24.3 Å². The van der Waals surface area contributed by atoms with E-state index < -0.39 is 35.1 Å². The molecule has 1 rings (SSSR count). The Balaban J connectivity index is 2.79. The van der Waals surface area contributed by atoms with E-state index in [1.54, 1.807) is 0 Å². The first kappa shape index (κ1) is 16.3. The Hall–Kier alpha value is -1.74. The molecule has 0 saturated heterocycles. The molecule has 1 unspecified atom stereocenters.